The molecule has 1 aliphatic rings. The summed E-state index contributed by atoms with van der Waals surface area (Å²) in [5.41, 5.74) is 1.67. The third kappa shape index (κ3) is 5.07. The Bertz CT molecular complexity index is 933. The summed E-state index contributed by atoms with van der Waals surface area (Å²) < 4.78 is 13.3. The van der Waals surface area contributed by atoms with Crippen LogP contribution in [0.2, 0.25) is 0 Å². The SMILES string of the molecule is CNC(=O)c1ccc(/C=C/C(=O)N2CCN(C(=O)c3cccc(F)c3)CC2)cc1. The molecule has 0 radical (unpaired) electrons. The molecule has 1 aliphatic heterocycles. The summed E-state index contributed by atoms with van der Waals surface area (Å²) in [6, 6.07) is 12.5. The van der Waals surface area contributed by atoms with E-state index in [0.29, 0.717) is 37.3 Å². The van der Waals surface area contributed by atoms with Crippen LogP contribution in [0.3, 0.4) is 0 Å². The van der Waals surface area contributed by atoms with E-state index in [1.54, 1.807) is 53.3 Å². The minimum atomic E-state index is -0.446. The summed E-state index contributed by atoms with van der Waals surface area (Å²) in [4.78, 5) is 39.7. The summed E-state index contributed by atoms with van der Waals surface area (Å²) in [6.45, 7) is 1.63. The maximum absolute atomic E-state index is 13.3. The molecule has 29 heavy (non-hydrogen) atoms. The monoisotopic (exact) mass is 395 g/mol. The van der Waals surface area contributed by atoms with Crippen molar-refractivity contribution in [3.63, 3.8) is 0 Å². The van der Waals surface area contributed by atoms with Crippen molar-refractivity contribution in [3.8, 4) is 0 Å². The van der Waals surface area contributed by atoms with Gasteiger partial charge in [-0.3, -0.25) is 14.4 Å². The fourth-order valence-corrected chi connectivity index (χ4v) is 3.10. The fourth-order valence-electron chi connectivity index (χ4n) is 3.10. The molecule has 7 heteroatoms. The molecule has 1 N–H and O–H groups in total. The molecule has 1 saturated heterocycles. The quantitative estimate of drug-likeness (QED) is 0.807. The van der Waals surface area contributed by atoms with Crippen molar-refractivity contribution >= 4 is 23.8 Å². The molecule has 0 saturated carbocycles. The number of hydrogen-bond donors (Lipinski definition) is 1. The molecule has 150 valence electrons. The molecule has 0 aliphatic carbocycles. The Hall–Kier alpha value is -3.48. The largest absolute Gasteiger partial charge is 0.355 e. The summed E-state index contributed by atoms with van der Waals surface area (Å²) in [7, 11) is 1.57. The Morgan fingerprint density at radius 2 is 1.59 bits per heavy atom. The molecular formula is C22H22FN3O3. The number of halogens is 1. The van der Waals surface area contributed by atoms with E-state index in [4.69, 9.17) is 0 Å². The van der Waals surface area contributed by atoms with Gasteiger partial charge < -0.3 is 15.1 Å². The van der Waals surface area contributed by atoms with Crippen molar-refractivity contribution in [2.45, 2.75) is 0 Å². The predicted molar refractivity (Wildman–Crippen MR) is 108 cm³/mol. The van der Waals surface area contributed by atoms with Crippen LogP contribution < -0.4 is 5.32 Å². The number of nitrogens with zero attached hydrogens (tertiary/aromatic N) is 2. The van der Waals surface area contributed by atoms with Crippen LogP contribution in [0.5, 0.6) is 0 Å². The molecule has 0 unspecified atom stereocenters. The lowest BCUT2D eigenvalue weighted by Gasteiger charge is -2.34. The summed E-state index contributed by atoms with van der Waals surface area (Å²) >= 11 is 0. The molecule has 0 atom stereocenters. The second-order valence-electron chi connectivity index (χ2n) is 6.66. The minimum Gasteiger partial charge on any atom is -0.355 e. The number of amides is 3. The van der Waals surface area contributed by atoms with E-state index < -0.39 is 5.82 Å². The van der Waals surface area contributed by atoms with Gasteiger partial charge in [0.2, 0.25) is 5.91 Å². The first-order valence-corrected chi connectivity index (χ1v) is 9.32. The molecule has 2 aromatic carbocycles. The Morgan fingerprint density at radius 3 is 2.21 bits per heavy atom. The lowest BCUT2D eigenvalue weighted by Crippen LogP contribution is -2.50. The highest BCUT2D eigenvalue weighted by molar-refractivity contribution is 5.96. The van der Waals surface area contributed by atoms with Crippen LogP contribution in [-0.2, 0) is 4.79 Å². The number of rotatable bonds is 4. The average Bonchev–Trinajstić information content (AvgIpc) is 2.77. The van der Waals surface area contributed by atoms with Gasteiger partial charge in [0.1, 0.15) is 5.82 Å². The summed E-state index contributed by atoms with van der Waals surface area (Å²) in [5, 5.41) is 2.55. The van der Waals surface area contributed by atoms with Crippen molar-refractivity contribution in [2.75, 3.05) is 33.2 Å². The van der Waals surface area contributed by atoms with E-state index >= 15 is 0 Å². The van der Waals surface area contributed by atoms with Crippen molar-refractivity contribution in [1.82, 2.24) is 15.1 Å². The van der Waals surface area contributed by atoms with Gasteiger partial charge in [0.15, 0.2) is 0 Å². The number of carbonyl (C=O) groups excluding carboxylic acids is 3. The first kappa shape index (κ1) is 20.3. The number of piperazine rings is 1. The Kier molecular flexibility index (Phi) is 6.39. The standard InChI is InChI=1S/C22H22FN3O3/c1-24-21(28)17-8-5-16(6-9-17)7-10-20(27)25-11-13-26(14-12-25)22(29)18-3-2-4-19(23)15-18/h2-10,15H,11-14H2,1H3,(H,24,28)/b10-7+. The average molecular weight is 395 g/mol. The molecule has 0 bridgehead atoms. The van der Waals surface area contributed by atoms with E-state index in [1.807, 2.05) is 0 Å². The lowest BCUT2D eigenvalue weighted by atomic mass is 10.1. The van der Waals surface area contributed by atoms with Crippen LogP contribution in [-0.4, -0.2) is 60.7 Å². The van der Waals surface area contributed by atoms with E-state index in [-0.39, 0.29) is 17.7 Å². The van der Waals surface area contributed by atoms with Gasteiger partial charge in [-0.25, -0.2) is 4.39 Å². The normalized spacial score (nSPS) is 14.1. The second kappa shape index (κ2) is 9.14. The van der Waals surface area contributed by atoms with Gasteiger partial charge in [-0.2, -0.15) is 0 Å². The first-order valence-electron chi connectivity index (χ1n) is 9.32. The molecule has 3 amide bonds. The van der Waals surface area contributed by atoms with Gasteiger partial charge in [-0.15, -0.1) is 0 Å². The molecule has 3 rings (SSSR count). The molecule has 6 nitrogen and oxygen atoms in total. The summed E-state index contributed by atoms with van der Waals surface area (Å²) in [6.07, 6.45) is 3.18. The van der Waals surface area contributed by atoms with Crippen LogP contribution >= 0.6 is 0 Å². The Labute approximate surface area is 168 Å². The fraction of sp³-hybridized carbons (Fsp3) is 0.227. The molecule has 1 heterocycles. The minimum absolute atomic E-state index is 0.141. The van der Waals surface area contributed by atoms with Crippen LogP contribution in [0.15, 0.2) is 54.6 Å². The van der Waals surface area contributed by atoms with Crippen LogP contribution in [0, 0.1) is 5.82 Å². The van der Waals surface area contributed by atoms with Crippen molar-refractivity contribution in [2.24, 2.45) is 0 Å². The van der Waals surface area contributed by atoms with Crippen LogP contribution in [0.1, 0.15) is 26.3 Å². The zero-order chi connectivity index (χ0) is 20.8. The zero-order valence-corrected chi connectivity index (χ0v) is 16.1. The Balaban J connectivity index is 1.54. The van der Waals surface area contributed by atoms with Gasteiger partial charge in [0.05, 0.1) is 0 Å². The third-order valence-electron chi connectivity index (χ3n) is 4.77. The predicted octanol–water partition coefficient (Wildman–Crippen LogP) is 2.18. The smallest absolute Gasteiger partial charge is 0.254 e. The van der Waals surface area contributed by atoms with Crippen molar-refractivity contribution in [1.29, 1.82) is 0 Å². The van der Waals surface area contributed by atoms with E-state index in [0.717, 1.165) is 5.56 Å². The number of benzene rings is 2. The van der Waals surface area contributed by atoms with Crippen molar-refractivity contribution < 1.29 is 18.8 Å². The zero-order valence-electron chi connectivity index (χ0n) is 16.1. The van der Waals surface area contributed by atoms with E-state index in [2.05, 4.69) is 5.32 Å². The highest BCUT2D eigenvalue weighted by atomic mass is 19.1. The second-order valence-corrected chi connectivity index (χ2v) is 6.66. The van der Waals surface area contributed by atoms with Gasteiger partial charge in [0, 0.05) is 50.4 Å². The Morgan fingerprint density at radius 1 is 0.931 bits per heavy atom. The highest BCUT2D eigenvalue weighted by Crippen LogP contribution is 2.12. The van der Waals surface area contributed by atoms with E-state index in [9.17, 15) is 18.8 Å². The van der Waals surface area contributed by atoms with Gasteiger partial charge in [0.25, 0.3) is 11.8 Å². The lowest BCUT2D eigenvalue weighted by molar-refractivity contribution is -0.127. The van der Waals surface area contributed by atoms with E-state index in [1.165, 1.54) is 24.3 Å². The van der Waals surface area contributed by atoms with Gasteiger partial charge >= 0.3 is 0 Å². The first-order chi connectivity index (χ1) is 14.0. The molecular weight excluding hydrogens is 373 g/mol. The van der Waals surface area contributed by atoms with Crippen LogP contribution in [0.4, 0.5) is 4.39 Å². The molecule has 0 aromatic heterocycles. The molecule has 1 fully saturated rings. The van der Waals surface area contributed by atoms with Gasteiger partial charge in [-0.05, 0) is 42.0 Å². The highest BCUT2D eigenvalue weighted by Gasteiger charge is 2.24. The topological polar surface area (TPSA) is 69.7 Å². The number of hydrogen-bond acceptors (Lipinski definition) is 3. The van der Waals surface area contributed by atoms with Gasteiger partial charge in [-0.1, -0.05) is 18.2 Å². The maximum atomic E-state index is 13.3. The molecule has 0 spiro atoms. The number of carbonyl (C=O) groups is 3. The molecule has 2 aromatic rings. The maximum Gasteiger partial charge on any atom is 0.254 e. The van der Waals surface area contributed by atoms with Crippen molar-refractivity contribution in [3.05, 3.63) is 77.1 Å². The van der Waals surface area contributed by atoms with Crippen LogP contribution in [0.25, 0.3) is 6.08 Å². The summed E-state index contributed by atoms with van der Waals surface area (Å²) in [5.74, 6) is -0.984. The number of nitrogens with one attached hydrogen (secondary N) is 1. The third-order valence-corrected chi connectivity index (χ3v) is 4.77.